The molecule has 7 nitrogen and oxygen atoms in total. The van der Waals surface area contributed by atoms with E-state index in [1.165, 1.54) is 13.8 Å². The third-order valence-corrected chi connectivity index (χ3v) is 6.02. The summed E-state index contributed by atoms with van der Waals surface area (Å²) < 4.78 is 10.9. The summed E-state index contributed by atoms with van der Waals surface area (Å²) in [7, 11) is 4.07. The number of aromatic nitrogens is 1. The van der Waals surface area contributed by atoms with Gasteiger partial charge in [0.25, 0.3) is 0 Å². The Morgan fingerprint density at radius 3 is 2.62 bits per heavy atom. The van der Waals surface area contributed by atoms with Crippen LogP contribution in [-0.4, -0.2) is 60.5 Å². The number of thioether (sulfide) groups is 1. The van der Waals surface area contributed by atoms with Crippen molar-refractivity contribution in [2.24, 2.45) is 4.99 Å². The number of hydrogen-bond donors (Lipinski definition) is 0. The zero-order chi connectivity index (χ0) is 22.8. The molecule has 32 heavy (non-hydrogen) atoms. The molecule has 0 saturated heterocycles. The second kappa shape index (κ2) is 9.26. The lowest BCUT2D eigenvalue weighted by Crippen LogP contribution is -2.20. The Hall–Kier alpha value is -2.97. The molecule has 1 aromatic heterocycles. The van der Waals surface area contributed by atoms with Crippen LogP contribution in [0.4, 0.5) is 0 Å². The number of esters is 2. The van der Waals surface area contributed by atoms with Gasteiger partial charge in [-0.25, -0.2) is 4.98 Å². The van der Waals surface area contributed by atoms with E-state index in [-0.39, 0.29) is 5.97 Å². The Morgan fingerprint density at radius 1 is 1.12 bits per heavy atom. The first-order chi connectivity index (χ1) is 15.3. The van der Waals surface area contributed by atoms with Crippen LogP contribution in [0, 0.1) is 0 Å². The van der Waals surface area contributed by atoms with E-state index in [4.69, 9.17) is 19.5 Å². The van der Waals surface area contributed by atoms with Crippen LogP contribution < -0.4 is 4.74 Å². The van der Waals surface area contributed by atoms with Crippen LogP contribution in [0.2, 0.25) is 0 Å². The molecule has 0 N–H and O–H groups in total. The molecule has 0 saturated carbocycles. The number of carbonyl (C=O) groups is 2. The van der Waals surface area contributed by atoms with Gasteiger partial charge in [0.2, 0.25) is 0 Å². The van der Waals surface area contributed by atoms with E-state index >= 15 is 0 Å². The van der Waals surface area contributed by atoms with Crippen LogP contribution in [0.5, 0.6) is 5.75 Å². The van der Waals surface area contributed by atoms with E-state index < -0.39 is 5.97 Å². The quantitative estimate of drug-likeness (QED) is 0.490. The predicted molar refractivity (Wildman–Crippen MR) is 127 cm³/mol. The highest BCUT2D eigenvalue weighted by Crippen LogP contribution is 2.36. The molecule has 0 bridgehead atoms. The Bertz CT molecular complexity index is 1200. The van der Waals surface area contributed by atoms with Gasteiger partial charge in [0.15, 0.2) is 5.76 Å². The number of fused-ring (bicyclic) bond motifs is 2. The number of hydrogen-bond acceptors (Lipinski definition) is 8. The van der Waals surface area contributed by atoms with Crippen molar-refractivity contribution in [3.8, 4) is 5.75 Å². The van der Waals surface area contributed by atoms with Gasteiger partial charge in [-0.15, -0.1) is 11.8 Å². The van der Waals surface area contributed by atoms with Crippen molar-refractivity contribution in [1.82, 2.24) is 9.88 Å². The third-order valence-electron chi connectivity index (χ3n) is 5.07. The minimum absolute atomic E-state index is 0.370. The summed E-state index contributed by atoms with van der Waals surface area (Å²) in [6.07, 6.45) is 4.64. The fraction of sp³-hybridized carbons (Fsp3) is 0.333. The molecule has 1 aliphatic heterocycles. The van der Waals surface area contributed by atoms with Crippen molar-refractivity contribution < 1.29 is 19.1 Å². The SMILES string of the molecule is CC(=O)OC1=CC(SCCN(C)C)=Cc2nc3ccc(OC(C)=O)cc3c3c2C1=NCC3. The second-order valence-electron chi connectivity index (χ2n) is 7.90. The number of allylic oxidation sites excluding steroid dienone is 2. The minimum atomic E-state index is -0.391. The topological polar surface area (TPSA) is 81.1 Å². The Morgan fingerprint density at radius 2 is 1.91 bits per heavy atom. The molecular formula is C24H25N3O4S. The molecule has 8 heteroatoms. The molecule has 1 aliphatic carbocycles. The Balaban J connectivity index is 1.87. The van der Waals surface area contributed by atoms with E-state index in [0.717, 1.165) is 51.3 Å². The van der Waals surface area contributed by atoms with E-state index in [2.05, 4.69) is 4.90 Å². The number of ether oxygens (including phenoxy) is 2. The molecule has 2 heterocycles. The number of aliphatic imine (C=N–C) groups is 1. The van der Waals surface area contributed by atoms with E-state index in [0.29, 0.717) is 23.8 Å². The highest BCUT2D eigenvalue weighted by molar-refractivity contribution is 8.03. The van der Waals surface area contributed by atoms with Crippen molar-refractivity contribution >= 4 is 46.4 Å². The highest BCUT2D eigenvalue weighted by Gasteiger charge is 2.28. The molecule has 166 valence electrons. The first-order valence-corrected chi connectivity index (χ1v) is 11.4. The maximum Gasteiger partial charge on any atom is 0.308 e. The number of benzene rings is 1. The van der Waals surface area contributed by atoms with E-state index in [1.807, 2.05) is 38.4 Å². The standard InChI is InChI=1S/C24H25N3O4S/c1-14(28)30-16-5-6-20-19(11-16)18-7-8-25-24-22(31-15(2)29)13-17(32-10-9-27(3)4)12-21(26-20)23(18)24/h5-6,11-13H,7-10H2,1-4H3. The van der Waals surface area contributed by atoms with Gasteiger partial charge in [0.05, 0.1) is 11.2 Å². The van der Waals surface area contributed by atoms with Gasteiger partial charge in [-0.1, -0.05) is 0 Å². The molecule has 4 rings (SSSR count). The molecule has 0 radical (unpaired) electrons. The Labute approximate surface area is 191 Å². The highest BCUT2D eigenvalue weighted by atomic mass is 32.2. The summed E-state index contributed by atoms with van der Waals surface area (Å²) in [6.45, 7) is 4.26. The fourth-order valence-electron chi connectivity index (χ4n) is 3.78. The van der Waals surface area contributed by atoms with Gasteiger partial charge < -0.3 is 14.4 Å². The van der Waals surface area contributed by atoms with Crippen molar-refractivity contribution in [3.63, 3.8) is 0 Å². The summed E-state index contributed by atoms with van der Waals surface area (Å²) in [5, 5.41) is 0.911. The minimum Gasteiger partial charge on any atom is -0.427 e. The van der Waals surface area contributed by atoms with Gasteiger partial charge in [0.1, 0.15) is 11.5 Å². The number of rotatable bonds is 6. The van der Waals surface area contributed by atoms with Crippen LogP contribution in [-0.2, 0) is 20.7 Å². The van der Waals surface area contributed by atoms with Gasteiger partial charge in [-0.2, -0.15) is 0 Å². The van der Waals surface area contributed by atoms with E-state index in [9.17, 15) is 9.59 Å². The summed E-state index contributed by atoms with van der Waals surface area (Å²) in [6, 6.07) is 5.47. The molecule has 2 aromatic rings. The largest absolute Gasteiger partial charge is 0.427 e. The normalized spacial score (nSPS) is 14.8. The first kappa shape index (κ1) is 22.2. The zero-order valence-corrected chi connectivity index (χ0v) is 19.4. The maximum atomic E-state index is 11.9. The Kier molecular flexibility index (Phi) is 6.43. The first-order valence-electron chi connectivity index (χ1n) is 10.4. The number of pyridine rings is 1. The molecule has 0 unspecified atom stereocenters. The van der Waals surface area contributed by atoms with Crippen molar-refractivity contribution in [2.75, 3.05) is 32.9 Å². The van der Waals surface area contributed by atoms with Crippen molar-refractivity contribution in [2.45, 2.75) is 20.3 Å². The summed E-state index contributed by atoms with van der Waals surface area (Å²) >= 11 is 1.69. The number of nitrogens with zero attached hydrogens (tertiary/aromatic N) is 3. The van der Waals surface area contributed by atoms with Crippen LogP contribution in [0.25, 0.3) is 17.0 Å². The lowest BCUT2D eigenvalue weighted by molar-refractivity contribution is -0.136. The average Bonchev–Trinajstić information content (AvgIpc) is 2.85. The summed E-state index contributed by atoms with van der Waals surface area (Å²) in [4.78, 5) is 36.0. The molecule has 0 fully saturated rings. The van der Waals surface area contributed by atoms with Crippen molar-refractivity contribution in [3.05, 3.63) is 51.8 Å². The van der Waals surface area contributed by atoms with Gasteiger partial charge >= 0.3 is 11.9 Å². The molecule has 0 atom stereocenters. The predicted octanol–water partition coefficient (Wildman–Crippen LogP) is 3.60. The van der Waals surface area contributed by atoms with Gasteiger partial charge in [-0.05, 0) is 56.4 Å². The summed E-state index contributed by atoms with van der Waals surface area (Å²) in [5.41, 5.74) is 4.21. The molecule has 0 amide bonds. The van der Waals surface area contributed by atoms with Crippen LogP contribution in [0.15, 0.2) is 39.9 Å². The van der Waals surface area contributed by atoms with Crippen LogP contribution >= 0.6 is 11.8 Å². The number of carbonyl (C=O) groups excluding carboxylic acids is 2. The van der Waals surface area contributed by atoms with Crippen molar-refractivity contribution in [1.29, 1.82) is 0 Å². The van der Waals surface area contributed by atoms with Gasteiger partial charge in [0, 0.05) is 48.5 Å². The maximum absolute atomic E-state index is 11.9. The smallest absolute Gasteiger partial charge is 0.308 e. The third kappa shape index (κ3) is 4.76. The molecule has 1 aromatic carbocycles. The van der Waals surface area contributed by atoms with E-state index in [1.54, 1.807) is 17.8 Å². The molecule has 0 spiro atoms. The average molecular weight is 452 g/mol. The lowest BCUT2D eigenvalue weighted by atomic mass is 9.92. The summed E-state index contributed by atoms with van der Waals surface area (Å²) in [5.74, 6) is 1.05. The zero-order valence-electron chi connectivity index (χ0n) is 18.6. The second-order valence-corrected chi connectivity index (χ2v) is 9.07. The molecular weight excluding hydrogens is 426 g/mol. The monoisotopic (exact) mass is 451 g/mol. The van der Waals surface area contributed by atoms with Crippen LogP contribution in [0.1, 0.15) is 30.7 Å². The van der Waals surface area contributed by atoms with Gasteiger partial charge in [-0.3, -0.25) is 14.6 Å². The van der Waals surface area contributed by atoms with Crippen LogP contribution in [0.3, 0.4) is 0 Å². The fourth-order valence-corrected chi connectivity index (χ4v) is 4.86. The lowest BCUT2D eigenvalue weighted by Gasteiger charge is -2.21. The molecule has 2 aliphatic rings.